The summed E-state index contributed by atoms with van der Waals surface area (Å²) in [5.74, 6) is 0. The molecule has 1 aromatic rings. The van der Waals surface area contributed by atoms with Crippen LogP contribution in [0.2, 0.25) is 5.02 Å². The number of hydrogen-bond donors (Lipinski definition) is 1. The van der Waals surface area contributed by atoms with Crippen molar-refractivity contribution in [3.63, 3.8) is 0 Å². The van der Waals surface area contributed by atoms with E-state index in [1.807, 2.05) is 19.1 Å². The number of nitrogens with zero attached hydrogens (tertiary/aromatic N) is 1. The third kappa shape index (κ3) is 3.00. The number of rotatable bonds is 3. The monoisotopic (exact) mass is 220 g/mol. The highest BCUT2D eigenvalue weighted by atomic mass is 35.5. The lowest BCUT2D eigenvalue weighted by Crippen LogP contribution is -2.00. The lowest BCUT2D eigenvalue weighted by Gasteiger charge is -2.04. The fraction of sp³-hybridized carbons (Fsp3) is 0.250. The predicted molar refractivity (Wildman–Crippen MR) is 63.1 cm³/mol. The Balaban J connectivity index is 3.06. The summed E-state index contributed by atoms with van der Waals surface area (Å²) in [5, 5.41) is 9.60. The van der Waals surface area contributed by atoms with Crippen molar-refractivity contribution in [3.05, 3.63) is 40.4 Å². The van der Waals surface area contributed by atoms with Crippen LogP contribution in [0.25, 0.3) is 5.70 Å². The molecule has 0 saturated heterocycles. The van der Waals surface area contributed by atoms with Crippen LogP contribution in [0.1, 0.15) is 25.3 Å². The maximum Gasteiger partial charge on any atom is 0.0968 e. The number of benzene rings is 1. The maximum absolute atomic E-state index is 8.93. The second-order valence-corrected chi connectivity index (χ2v) is 3.70. The lowest BCUT2D eigenvalue weighted by molar-refractivity contribution is 0.929. The second kappa shape index (κ2) is 5.43. The van der Waals surface area contributed by atoms with Crippen molar-refractivity contribution in [2.24, 2.45) is 5.73 Å². The van der Waals surface area contributed by atoms with E-state index in [0.29, 0.717) is 22.7 Å². The van der Waals surface area contributed by atoms with E-state index < -0.39 is 0 Å². The average Bonchev–Trinajstić information content (AvgIpc) is 2.26. The minimum atomic E-state index is 0.552. The molecule has 0 bridgehead atoms. The minimum Gasteiger partial charge on any atom is -0.397 e. The Morgan fingerprint density at radius 3 is 2.47 bits per heavy atom. The average molecular weight is 221 g/mol. The summed E-state index contributed by atoms with van der Waals surface area (Å²) in [4.78, 5) is 0. The maximum atomic E-state index is 8.93. The third-order valence-electron chi connectivity index (χ3n) is 2.12. The predicted octanol–water partition coefficient (Wildman–Crippen LogP) is 3.33. The van der Waals surface area contributed by atoms with Gasteiger partial charge in [0, 0.05) is 5.02 Å². The molecule has 1 rings (SSSR count). The van der Waals surface area contributed by atoms with Crippen LogP contribution in [0.3, 0.4) is 0 Å². The Hall–Kier alpha value is -1.46. The Morgan fingerprint density at radius 1 is 1.40 bits per heavy atom. The standard InChI is InChI=1S/C12H13ClN2/c1-2-3-10(8-14)12(15)9-4-6-11(13)7-5-9/h4-7H,2-3,15H2,1H3/b12-10-. The highest BCUT2D eigenvalue weighted by Crippen LogP contribution is 2.18. The van der Waals surface area contributed by atoms with Crippen molar-refractivity contribution in [1.82, 2.24) is 0 Å². The first-order valence-corrected chi connectivity index (χ1v) is 5.21. The van der Waals surface area contributed by atoms with Gasteiger partial charge in [-0.15, -0.1) is 0 Å². The van der Waals surface area contributed by atoms with Crippen molar-refractivity contribution in [2.75, 3.05) is 0 Å². The number of halogens is 1. The molecule has 0 aliphatic carbocycles. The molecule has 0 heterocycles. The summed E-state index contributed by atoms with van der Waals surface area (Å²) in [6.45, 7) is 2.02. The molecule has 0 unspecified atom stereocenters. The summed E-state index contributed by atoms with van der Waals surface area (Å²) in [7, 11) is 0. The highest BCUT2D eigenvalue weighted by Gasteiger charge is 2.04. The molecule has 3 heteroatoms. The molecule has 0 aliphatic rings. The van der Waals surface area contributed by atoms with Crippen molar-refractivity contribution in [3.8, 4) is 6.07 Å². The highest BCUT2D eigenvalue weighted by molar-refractivity contribution is 6.30. The minimum absolute atomic E-state index is 0.552. The van der Waals surface area contributed by atoms with E-state index >= 15 is 0 Å². The summed E-state index contributed by atoms with van der Waals surface area (Å²) >= 11 is 5.77. The molecule has 0 aliphatic heterocycles. The van der Waals surface area contributed by atoms with Crippen LogP contribution in [-0.2, 0) is 0 Å². The van der Waals surface area contributed by atoms with Gasteiger partial charge in [-0.25, -0.2) is 0 Å². The fourth-order valence-electron chi connectivity index (χ4n) is 1.30. The fourth-order valence-corrected chi connectivity index (χ4v) is 1.43. The van der Waals surface area contributed by atoms with Gasteiger partial charge in [0.15, 0.2) is 0 Å². The molecule has 0 saturated carbocycles. The quantitative estimate of drug-likeness (QED) is 0.795. The van der Waals surface area contributed by atoms with Crippen LogP contribution in [-0.4, -0.2) is 0 Å². The number of nitrogens with two attached hydrogens (primary N) is 1. The molecule has 2 N–H and O–H groups in total. The Kier molecular flexibility index (Phi) is 4.20. The van der Waals surface area contributed by atoms with Crippen LogP contribution >= 0.6 is 11.6 Å². The van der Waals surface area contributed by atoms with Gasteiger partial charge in [-0.1, -0.05) is 37.1 Å². The van der Waals surface area contributed by atoms with Gasteiger partial charge in [0.05, 0.1) is 17.3 Å². The van der Waals surface area contributed by atoms with E-state index in [-0.39, 0.29) is 0 Å². The van der Waals surface area contributed by atoms with Gasteiger partial charge in [0.2, 0.25) is 0 Å². The van der Waals surface area contributed by atoms with Gasteiger partial charge in [0.25, 0.3) is 0 Å². The zero-order valence-electron chi connectivity index (χ0n) is 8.63. The van der Waals surface area contributed by atoms with Gasteiger partial charge >= 0.3 is 0 Å². The Labute approximate surface area is 95.0 Å². The number of allylic oxidation sites excluding steroid dienone is 1. The van der Waals surface area contributed by atoms with Crippen LogP contribution in [0, 0.1) is 11.3 Å². The summed E-state index contributed by atoms with van der Waals surface area (Å²) in [5.41, 5.74) is 7.94. The summed E-state index contributed by atoms with van der Waals surface area (Å²) in [6, 6.07) is 9.32. The van der Waals surface area contributed by atoms with Gasteiger partial charge in [-0.2, -0.15) is 5.26 Å². The summed E-state index contributed by atoms with van der Waals surface area (Å²) in [6.07, 6.45) is 1.63. The van der Waals surface area contributed by atoms with E-state index in [9.17, 15) is 0 Å². The van der Waals surface area contributed by atoms with Crippen molar-refractivity contribution >= 4 is 17.3 Å². The summed E-state index contributed by atoms with van der Waals surface area (Å²) < 4.78 is 0. The molecule has 0 spiro atoms. The zero-order valence-corrected chi connectivity index (χ0v) is 9.38. The second-order valence-electron chi connectivity index (χ2n) is 3.26. The molecular weight excluding hydrogens is 208 g/mol. The number of nitriles is 1. The zero-order chi connectivity index (χ0) is 11.3. The van der Waals surface area contributed by atoms with E-state index in [1.54, 1.807) is 12.1 Å². The number of hydrogen-bond acceptors (Lipinski definition) is 2. The molecule has 0 radical (unpaired) electrons. The van der Waals surface area contributed by atoms with Crippen LogP contribution < -0.4 is 5.73 Å². The van der Waals surface area contributed by atoms with Crippen LogP contribution in [0.5, 0.6) is 0 Å². The van der Waals surface area contributed by atoms with E-state index in [1.165, 1.54) is 0 Å². The first-order chi connectivity index (χ1) is 7.19. The molecular formula is C12H13ClN2. The van der Waals surface area contributed by atoms with Gasteiger partial charge in [-0.05, 0) is 24.1 Å². The molecule has 0 atom stereocenters. The lowest BCUT2D eigenvalue weighted by atomic mass is 10.0. The largest absolute Gasteiger partial charge is 0.397 e. The van der Waals surface area contributed by atoms with Gasteiger partial charge < -0.3 is 5.73 Å². The Bertz CT molecular complexity index is 399. The smallest absolute Gasteiger partial charge is 0.0968 e. The first-order valence-electron chi connectivity index (χ1n) is 4.83. The van der Waals surface area contributed by atoms with Crippen molar-refractivity contribution < 1.29 is 0 Å². The molecule has 2 nitrogen and oxygen atoms in total. The van der Waals surface area contributed by atoms with Crippen LogP contribution in [0.15, 0.2) is 29.8 Å². The molecule has 1 aromatic carbocycles. The molecule has 0 amide bonds. The molecule has 78 valence electrons. The van der Waals surface area contributed by atoms with E-state index in [4.69, 9.17) is 22.6 Å². The van der Waals surface area contributed by atoms with Crippen molar-refractivity contribution in [2.45, 2.75) is 19.8 Å². The Morgan fingerprint density at radius 2 is 2.00 bits per heavy atom. The van der Waals surface area contributed by atoms with Gasteiger partial charge in [0.1, 0.15) is 0 Å². The van der Waals surface area contributed by atoms with E-state index in [2.05, 4.69) is 6.07 Å². The SMILES string of the molecule is CCC/C(C#N)=C(/N)c1ccc(Cl)cc1. The van der Waals surface area contributed by atoms with E-state index in [0.717, 1.165) is 12.0 Å². The normalized spacial score (nSPS) is 11.8. The molecule has 15 heavy (non-hydrogen) atoms. The first kappa shape index (κ1) is 11.6. The molecule has 0 fully saturated rings. The van der Waals surface area contributed by atoms with Crippen molar-refractivity contribution in [1.29, 1.82) is 5.26 Å². The van der Waals surface area contributed by atoms with Crippen LogP contribution in [0.4, 0.5) is 0 Å². The topological polar surface area (TPSA) is 49.8 Å². The molecule has 0 aromatic heterocycles. The van der Waals surface area contributed by atoms with Gasteiger partial charge in [-0.3, -0.25) is 0 Å². The third-order valence-corrected chi connectivity index (χ3v) is 2.37.